The second-order valence-corrected chi connectivity index (χ2v) is 5.01. The smallest absolute Gasteiger partial charge is 0.260 e. The Bertz CT molecular complexity index is 447. The molecule has 4 nitrogen and oxygen atoms in total. The first kappa shape index (κ1) is 13.9. The van der Waals surface area contributed by atoms with Crippen molar-refractivity contribution in [3.63, 3.8) is 0 Å². The van der Waals surface area contributed by atoms with E-state index in [1.807, 2.05) is 49.9 Å². The van der Waals surface area contributed by atoms with Gasteiger partial charge in [-0.2, -0.15) is 0 Å². The quantitative estimate of drug-likeness (QED) is 0.837. The van der Waals surface area contributed by atoms with E-state index in [0.29, 0.717) is 13.2 Å². The molecule has 1 aliphatic rings. The van der Waals surface area contributed by atoms with Crippen LogP contribution in [0.4, 0.5) is 0 Å². The summed E-state index contributed by atoms with van der Waals surface area (Å²) in [6, 6.07) is 7.82. The Labute approximate surface area is 114 Å². The summed E-state index contributed by atoms with van der Waals surface area (Å²) in [5.74, 6) is 0.756. The molecular weight excluding hydrogens is 242 g/mol. The van der Waals surface area contributed by atoms with Gasteiger partial charge < -0.3 is 14.4 Å². The largest absolute Gasteiger partial charge is 0.484 e. The number of carbonyl (C=O) groups excluding carboxylic acids is 1. The van der Waals surface area contributed by atoms with Gasteiger partial charge >= 0.3 is 0 Å². The summed E-state index contributed by atoms with van der Waals surface area (Å²) >= 11 is 0. The van der Waals surface area contributed by atoms with Crippen molar-refractivity contribution in [1.29, 1.82) is 0 Å². The maximum absolute atomic E-state index is 12.2. The fourth-order valence-corrected chi connectivity index (χ4v) is 2.22. The third kappa shape index (κ3) is 3.47. The molecule has 0 aliphatic carbocycles. The van der Waals surface area contributed by atoms with Crippen LogP contribution in [0.2, 0.25) is 0 Å². The van der Waals surface area contributed by atoms with Gasteiger partial charge in [0.2, 0.25) is 0 Å². The fourth-order valence-electron chi connectivity index (χ4n) is 2.22. The number of benzene rings is 1. The summed E-state index contributed by atoms with van der Waals surface area (Å²) in [4.78, 5) is 14.0. The van der Waals surface area contributed by atoms with Crippen LogP contribution in [0.25, 0.3) is 0 Å². The Hall–Kier alpha value is -1.55. The number of morpholine rings is 1. The molecule has 104 valence electrons. The lowest BCUT2D eigenvalue weighted by Crippen LogP contribution is -2.52. The van der Waals surface area contributed by atoms with Crippen LogP contribution >= 0.6 is 0 Å². The fraction of sp³-hybridized carbons (Fsp3) is 0.533. The van der Waals surface area contributed by atoms with Gasteiger partial charge in [-0.25, -0.2) is 0 Å². The SMILES string of the molecule is Cc1cccc(OCC(=O)N2CCOC(C)C2C)c1. The zero-order valence-electron chi connectivity index (χ0n) is 11.8. The Morgan fingerprint density at radius 1 is 1.47 bits per heavy atom. The second kappa shape index (κ2) is 6.06. The van der Waals surface area contributed by atoms with Crippen molar-refractivity contribution >= 4 is 5.91 Å². The summed E-state index contributed by atoms with van der Waals surface area (Å²) < 4.78 is 11.1. The van der Waals surface area contributed by atoms with Crippen molar-refractivity contribution in [1.82, 2.24) is 4.90 Å². The van der Waals surface area contributed by atoms with Crippen LogP contribution in [0.15, 0.2) is 24.3 Å². The van der Waals surface area contributed by atoms with Gasteiger partial charge in [0.1, 0.15) is 5.75 Å². The Kier molecular flexibility index (Phi) is 4.43. The number of carbonyl (C=O) groups is 1. The molecular formula is C15H21NO3. The molecule has 0 saturated carbocycles. The van der Waals surface area contributed by atoms with E-state index in [2.05, 4.69) is 0 Å². The molecule has 19 heavy (non-hydrogen) atoms. The van der Waals surface area contributed by atoms with Gasteiger partial charge in [0, 0.05) is 6.54 Å². The van der Waals surface area contributed by atoms with Crippen molar-refractivity contribution in [3.8, 4) is 5.75 Å². The van der Waals surface area contributed by atoms with Crippen LogP contribution < -0.4 is 4.74 Å². The minimum atomic E-state index is 0.0177. The van der Waals surface area contributed by atoms with Crippen LogP contribution in [-0.4, -0.2) is 42.7 Å². The molecule has 1 aromatic rings. The molecule has 1 amide bonds. The summed E-state index contributed by atoms with van der Waals surface area (Å²) in [6.45, 7) is 7.32. The van der Waals surface area contributed by atoms with Gasteiger partial charge in [-0.3, -0.25) is 4.79 Å². The second-order valence-electron chi connectivity index (χ2n) is 5.01. The minimum absolute atomic E-state index is 0.0177. The molecule has 0 spiro atoms. The maximum atomic E-state index is 12.2. The first-order valence-corrected chi connectivity index (χ1v) is 6.68. The van der Waals surface area contributed by atoms with Gasteiger partial charge in [-0.15, -0.1) is 0 Å². The van der Waals surface area contributed by atoms with Gasteiger partial charge in [0.15, 0.2) is 6.61 Å². The first-order valence-electron chi connectivity index (χ1n) is 6.68. The average Bonchev–Trinajstić information content (AvgIpc) is 2.39. The van der Waals surface area contributed by atoms with E-state index in [4.69, 9.17) is 9.47 Å². The molecule has 0 N–H and O–H groups in total. The zero-order chi connectivity index (χ0) is 13.8. The van der Waals surface area contributed by atoms with E-state index in [1.165, 1.54) is 0 Å². The monoisotopic (exact) mass is 263 g/mol. The summed E-state index contributed by atoms with van der Waals surface area (Å²) in [6.07, 6.45) is 0.0802. The molecule has 2 rings (SSSR count). The molecule has 2 atom stereocenters. The van der Waals surface area contributed by atoms with Crippen LogP contribution in [0.3, 0.4) is 0 Å². The number of rotatable bonds is 3. The third-order valence-electron chi connectivity index (χ3n) is 3.56. The number of nitrogens with zero attached hydrogens (tertiary/aromatic N) is 1. The molecule has 2 unspecified atom stereocenters. The van der Waals surface area contributed by atoms with E-state index in [0.717, 1.165) is 11.3 Å². The van der Waals surface area contributed by atoms with Crippen LogP contribution in [-0.2, 0) is 9.53 Å². The molecule has 1 fully saturated rings. The average molecular weight is 263 g/mol. The summed E-state index contributed by atoms with van der Waals surface area (Å²) in [7, 11) is 0. The number of aryl methyl sites for hydroxylation is 1. The highest BCUT2D eigenvalue weighted by Crippen LogP contribution is 2.15. The van der Waals surface area contributed by atoms with Crippen molar-refractivity contribution in [2.24, 2.45) is 0 Å². The molecule has 1 aromatic carbocycles. The molecule has 0 aromatic heterocycles. The van der Waals surface area contributed by atoms with Crippen LogP contribution in [0.5, 0.6) is 5.75 Å². The standard InChI is InChI=1S/C15H21NO3/c1-11-5-4-6-14(9-11)19-10-15(17)16-7-8-18-13(3)12(16)2/h4-6,9,12-13H,7-8,10H2,1-3H3. The zero-order valence-corrected chi connectivity index (χ0v) is 11.8. The highest BCUT2D eigenvalue weighted by molar-refractivity contribution is 5.78. The lowest BCUT2D eigenvalue weighted by atomic mass is 10.1. The molecule has 0 radical (unpaired) electrons. The highest BCUT2D eigenvalue weighted by atomic mass is 16.5. The maximum Gasteiger partial charge on any atom is 0.260 e. The molecule has 1 saturated heterocycles. The minimum Gasteiger partial charge on any atom is -0.484 e. The molecule has 1 heterocycles. The van der Waals surface area contributed by atoms with Crippen molar-refractivity contribution in [2.45, 2.75) is 32.9 Å². The summed E-state index contributed by atoms with van der Waals surface area (Å²) in [5, 5.41) is 0. The lowest BCUT2D eigenvalue weighted by molar-refractivity contribution is -0.146. The van der Waals surface area contributed by atoms with Crippen molar-refractivity contribution in [2.75, 3.05) is 19.8 Å². The van der Waals surface area contributed by atoms with Gasteiger partial charge in [-0.05, 0) is 38.5 Å². The van der Waals surface area contributed by atoms with Crippen LogP contribution in [0.1, 0.15) is 19.4 Å². The number of amides is 1. The number of hydrogen-bond donors (Lipinski definition) is 0. The molecule has 0 bridgehead atoms. The van der Waals surface area contributed by atoms with E-state index < -0.39 is 0 Å². The normalized spacial score (nSPS) is 23.2. The Balaban J connectivity index is 1.90. The van der Waals surface area contributed by atoms with Crippen LogP contribution in [0, 0.1) is 6.92 Å². The highest BCUT2D eigenvalue weighted by Gasteiger charge is 2.29. The van der Waals surface area contributed by atoms with Crippen molar-refractivity contribution < 1.29 is 14.3 Å². The summed E-state index contributed by atoms with van der Waals surface area (Å²) in [5.41, 5.74) is 1.12. The van der Waals surface area contributed by atoms with Gasteiger partial charge in [0.25, 0.3) is 5.91 Å². The van der Waals surface area contributed by atoms with Crippen molar-refractivity contribution in [3.05, 3.63) is 29.8 Å². The number of ether oxygens (including phenoxy) is 2. The predicted octanol–water partition coefficient (Wildman–Crippen LogP) is 2.01. The van der Waals surface area contributed by atoms with E-state index in [1.54, 1.807) is 0 Å². The Morgan fingerprint density at radius 3 is 3.00 bits per heavy atom. The first-order chi connectivity index (χ1) is 9.08. The lowest BCUT2D eigenvalue weighted by Gasteiger charge is -2.37. The Morgan fingerprint density at radius 2 is 2.26 bits per heavy atom. The van der Waals surface area contributed by atoms with E-state index in [-0.39, 0.29) is 24.7 Å². The molecule has 4 heteroatoms. The van der Waals surface area contributed by atoms with Gasteiger partial charge in [-0.1, -0.05) is 12.1 Å². The molecule has 1 aliphatic heterocycles. The number of hydrogen-bond acceptors (Lipinski definition) is 3. The van der Waals surface area contributed by atoms with E-state index in [9.17, 15) is 4.79 Å². The van der Waals surface area contributed by atoms with Gasteiger partial charge in [0.05, 0.1) is 18.8 Å². The third-order valence-corrected chi connectivity index (χ3v) is 3.56. The predicted molar refractivity (Wildman–Crippen MR) is 73.3 cm³/mol. The topological polar surface area (TPSA) is 38.8 Å². The van der Waals surface area contributed by atoms with E-state index >= 15 is 0 Å².